The normalized spacial score (nSPS) is 8.56. The number of hydrogen-bond acceptors (Lipinski definition) is 3. The van der Waals surface area contributed by atoms with Gasteiger partial charge in [-0.25, -0.2) is 0 Å². The average molecular weight is 130 g/mol. The van der Waals surface area contributed by atoms with Crippen LogP contribution in [0.4, 0.5) is 0 Å². The summed E-state index contributed by atoms with van der Waals surface area (Å²) in [7, 11) is 1.34. The standard InChI is InChI=1S/C6H10O3/c1-9-6(8)4-2-3-5-7/h5H,2-4H2,1H3. The van der Waals surface area contributed by atoms with Crippen LogP contribution in [0.5, 0.6) is 0 Å². The van der Waals surface area contributed by atoms with Gasteiger partial charge in [0.2, 0.25) is 0 Å². The van der Waals surface area contributed by atoms with E-state index in [0.717, 1.165) is 6.29 Å². The SMILES string of the molecule is COC(=O)CCCC=O. The second-order valence-electron chi connectivity index (χ2n) is 1.64. The van der Waals surface area contributed by atoms with Crippen molar-refractivity contribution in [3.63, 3.8) is 0 Å². The quantitative estimate of drug-likeness (QED) is 0.316. The molecule has 0 aromatic carbocycles. The highest BCUT2D eigenvalue weighted by molar-refractivity contribution is 5.69. The summed E-state index contributed by atoms with van der Waals surface area (Å²) in [5.41, 5.74) is 0. The summed E-state index contributed by atoms with van der Waals surface area (Å²) in [5, 5.41) is 0. The molecule has 0 spiro atoms. The summed E-state index contributed by atoms with van der Waals surface area (Å²) >= 11 is 0. The number of rotatable bonds is 4. The zero-order chi connectivity index (χ0) is 7.11. The van der Waals surface area contributed by atoms with Crippen molar-refractivity contribution < 1.29 is 14.3 Å². The summed E-state index contributed by atoms with van der Waals surface area (Å²) < 4.78 is 4.34. The number of methoxy groups -OCH3 is 1. The first-order chi connectivity index (χ1) is 4.31. The Hall–Kier alpha value is -0.860. The number of carbonyl (C=O) groups is 2. The van der Waals surface area contributed by atoms with Gasteiger partial charge < -0.3 is 9.53 Å². The predicted molar refractivity (Wildman–Crippen MR) is 31.9 cm³/mol. The van der Waals surface area contributed by atoms with E-state index in [1.165, 1.54) is 7.11 Å². The third-order valence-corrected chi connectivity index (χ3v) is 0.931. The van der Waals surface area contributed by atoms with E-state index in [4.69, 9.17) is 0 Å². The number of unbranched alkanes of at least 4 members (excludes halogenated alkanes) is 1. The maximum Gasteiger partial charge on any atom is 0.305 e. The van der Waals surface area contributed by atoms with Crippen LogP contribution in [0.1, 0.15) is 19.3 Å². The van der Waals surface area contributed by atoms with Gasteiger partial charge in [-0.2, -0.15) is 0 Å². The van der Waals surface area contributed by atoms with Crippen molar-refractivity contribution in [3.05, 3.63) is 0 Å². The number of ether oxygens (including phenoxy) is 1. The van der Waals surface area contributed by atoms with Gasteiger partial charge in [-0.3, -0.25) is 4.79 Å². The van der Waals surface area contributed by atoms with Crippen LogP contribution >= 0.6 is 0 Å². The van der Waals surface area contributed by atoms with E-state index < -0.39 is 0 Å². The van der Waals surface area contributed by atoms with Crippen LogP contribution in [0, 0.1) is 0 Å². The van der Waals surface area contributed by atoms with Gasteiger partial charge in [0.1, 0.15) is 6.29 Å². The maximum atomic E-state index is 10.3. The fraction of sp³-hybridized carbons (Fsp3) is 0.667. The van der Waals surface area contributed by atoms with Crippen LogP contribution in [-0.4, -0.2) is 19.4 Å². The maximum absolute atomic E-state index is 10.3. The Bertz CT molecular complexity index is 98.5. The van der Waals surface area contributed by atoms with E-state index in [1.54, 1.807) is 0 Å². The van der Waals surface area contributed by atoms with Gasteiger partial charge >= 0.3 is 5.97 Å². The van der Waals surface area contributed by atoms with Crippen LogP contribution < -0.4 is 0 Å². The topological polar surface area (TPSA) is 43.4 Å². The van der Waals surface area contributed by atoms with Gasteiger partial charge in [0.25, 0.3) is 0 Å². The molecule has 0 N–H and O–H groups in total. The van der Waals surface area contributed by atoms with Crippen molar-refractivity contribution >= 4 is 12.3 Å². The Balaban J connectivity index is 3.06. The first-order valence-electron chi connectivity index (χ1n) is 2.81. The third kappa shape index (κ3) is 5.00. The van der Waals surface area contributed by atoms with Crippen LogP contribution in [0.15, 0.2) is 0 Å². The summed E-state index contributed by atoms with van der Waals surface area (Å²) in [5.74, 6) is -0.253. The van der Waals surface area contributed by atoms with Gasteiger partial charge in [-0.1, -0.05) is 0 Å². The minimum atomic E-state index is -0.253. The number of aldehydes is 1. The average Bonchev–Trinajstić information content (AvgIpc) is 1.89. The fourth-order valence-corrected chi connectivity index (χ4v) is 0.432. The van der Waals surface area contributed by atoms with Crippen LogP contribution in [0.25, 0.3) is 0 Å². The molecule has 3 heteroatoms. The molecule has 0 aromatic heterocycles. The van der Waals surface area contributed by atoms with Crippen molar-refractivity contribution in [1.82, 2.24) is 0 Å². The van der Waals surface area contributed by atoms with E-state index in [2.05, 4.69) is 4.74 Å². The molecule has 0 radical (unpaired) electrons. The van der Waals surface area contributed by atoms with E-state index >= 15 is 0 Å². The molecular weight excluding hydrogens is 120 g/mol. The Morgan fingerprint density at radius 2 is 2.33 bits per heavy atom. The van der Waals surface area contributed by atoms with Crippen molar-refractivity contribution in [2.45, 2.75) is 19.3 Å². The van der Waals surface area contributed by atoms with Crippen LogP contribution in [0.3, 0.4) is 0 Å². The van der Waals surface area contributed by atoms with Crippen molar-refractivity contribution in [1.29, 1.82) is 0 Å². The molecule has 0 saturated heterocycles. The number of carbonyl (C=O) groups excluding carboxylic acids is 2. The molecule has 0 aromatic rings. The Kier molecular flexibility index (Phi) is 4.78. The molecule has 0 unspecified atom stereocenters. The molecule has 0 rings (SSSR count). The molecular formula is C6H10O3. The minimum absolute atomic E-state index is 0.253. The molecule has 0 amide bonds. The summed E-state index contributed by atoms with van der Waals surface area (Å²) in [6.45, 7) is 0. The molecule has 0 heterocycles. The predicted octanol–water partition coefficient (Wildman–Crippen LogP) is 0.529. The lowest BCUT2D eigenvalue weighted by molar-refractivity contribution is -0.140. The lowest BCUT2D eigenvalue weighted by Crippen LogP contribution is -1.99. The highest BCUT2D eigenvalue weighted by Gasteiger charge is 1.96. The number of hydrogen-bond donors (Lipinski definition) is 0. The zero-order valence-electron chi connectivity index (χ0n) is 5.42. The Labute approximate surface area is 54.0 Å². The molecule has 0 aliphatic heterocycles. The van der Waals surface area contributed by atoms with E-state index in [-0.39, 0.29) is 5.97 Å². The smallest absolute Gasteiger partial charge is 0.305 e. The van der Waals surface area contributed by atoms with Crippen LogP contribution in [0.2, 0.25) is 0 Å². The molecule has 3 nitrogen and oxygen atoms in total. The molecule has 0 aliphatic rings. The highest BCUT2D eigenvalue weighted by Crippen LogP contribution is 1.93. The van der Waals surface area contributed by atoms with Gasteiger partial charge in [-0.15, -0.1) is 0 Å². The van der Waals surface area contributed by atoms with Crippen molar-refractivity contribution in [2.24, 2.45) is 0 Å². The van der Waals surface area contributed by atoms with Gasteiger partial charge in [0.05, 0.1) is 7.11 Å². The second kappa shape index (κ2) is 5.28. The zero-order valence-corrected chi connectivity index (χ0v) is 5.42. The summed E-state index contributed by atoms with van der Waals surface area (Å²) in [4.78, 5) is 20.1. The lowest BCUT2D eigenvalue weighted by Gasteiger charge is -1.93. The first-order valence-corrected chi connectivity index (χ1v) is 2.81. The van der Waals surface area contributed by atoms with Crippen molar-refractivity contribution in [3.8, 4) is 0 Å². The van der Waals surface area contributed by atoms with Gasteiger partial charge in [0.15, 0.2) is 0 Å². The molecule has 9 heavy (non-hydrogen) atoms. The minimum Gasteiger partial charge on any atom is -0.469 e. The third-order valence-electron chi connectivity index (χ3n) is 0.931. The fourth-order valence-electron chi connectivity index (χ4n) is 0.432. The van der Waals surface area contributed by atoms with Crippen LogP contribution in [-0.2, 0) is 14.3 Å². The first kappa shape index (κ1) is 8.14. The van der Waals surface area contributed by atoms with Gasteiger partial charge in [0, 0.05) is 12.8 Å². The van der Waals surface area contributed by atoms with Gasteiger partial charge in [-0.05, 0) is 6.42 Å². The Morgan fingerprint density at radius 3 is 2.78 bits per heavy atom. The van der Waals surface area contributed by atoms with Crippen molar-refractivity contribution in [2.75, 3.05) is 7.11 Å². The molecule has 0 atom stereocenters. The summed E-state index contributed by atoms with van der Waals surface area (Å²) in [6.07, 6.45) is 2.17. The largest absolute Gasteiger partial charge is 0.469 e. The van der Waals surface area contributed by atoms with E-state index in [0.29, 0.717) is 19.3 Å². The monoisotopic (exact) mass is 130 g/mol. The lowest BCUT2D eigenvalue weighted by atomic mass is 10.2. The van der Waals surface area contributed by atoms with E-state index in [1.807, 2.05) is 0 Å². The molecule has 52 valence electrons. The second-order valence-corrected chi connectivity index (χ2v) is 1.64. The molecule has 0 aliphatic carbocycles. The molecule has 0 fully saturated rings. The molecule has 0 saturated carbocycles. The number of esters is 1. The highest BCUT2D eigenvalue weighted by atomic mass is 16.5. The van der Waals surface area contributed by atoms with E-state index in [9.17, 15) is 9.59 Å². The summed E-state index contributed by atoms with van der Waals surface area (Å²) in [6, 6.07) is 0. The Morgan fingerprint density at radius 1 is 1.67 bits per heavy atom. The molecule has 0 bridgehead atoms.